The number of nitrogens with one attached hydrogen (secondary N) is 1. The maximum absolute atomic E-state index is 11.9. The fourth-order valence-electron chi connectivity index (χ4n) is 2.78. The van der Waals surface area contributed by atoms with Crippen LogP contribution in [0.2, 0.25) is 0 Å². The lowest BCUT2D eigenvalue weighted by Gasteiger charge is -2.33. The van der Waals surface area contributed by atoms with E-state index in [0.717, 1.165) is 25.1 Å². The average Bonchev–Trinajstić information content (AvgIpc) is 2.61. The molecular weight excluding hydrogens is 308 g/mol. The van der Waals surface area contributed by atoms with Crippen molar-refractivity contribution < 1.29 is 14.3 Å². The third-order valence-electron chi connectivity index (χ3n) is 4.03. The Hall–Kier alpha value is -2.15. The standard InChI is InChI=1S/C17H26N4O3/c1-2-24-17(23)13-5-4-10-21(12-13)14-7-8-15(19-11-14)20-16(22)6-3-9-18/h7-8,11,13H,2-6,9-10,12,18H2,1H3,(H,19,20,22). The number of carbonyl (C=O) groups is 2. The first kappa shape index (κ1) is 18.2. The maximum atomic E-state index is 11.9. The first-order valence-electron chi connectivity index (χ1n) is 8.51. The predicted octanol–water partition coefficient (Wildman–Crippen LogP) is 1.54. The molecule has 1 saturated heterocycles. The van der Waals surface area contributed by atoms with Crippen molar-refractivity contribution in [1.82, 2.24) is 4.98 Å². The van der Waals surface area contributed by atoms with Crippen LogP contribution in [0.15, 0.2) is 18.3 Å². The van der Waals surface area contributed by atoms with Crippen LogP contribution in [0, 0.1) is 5.92 Å². The molecule has 1 atom stereocenters. The van der Waals surface area contributed by atoms with Crippen molar-refractivity contribution in [1.29, 1.82) is 0 Å². The molecule has 1 amide bonds. The van der Waals surface area contributed by atoms with Crippen molar-refractivity contribution in [3.8, 4) is 0 Å². The van der Waals surface area contributed by atoms with Gasteiger partial charge in [-0.1, -0.05) is 0 Å². The minimum atomic E-state index is -0.126. The molecule has 1 aliphatic heterocycles. The predicted molar refractivity (Wildman–Crippen MR) is 92.7 cm³/mol. The van der Waals surface area contributed by atoms with Crippen molar-refractivity contribution in [2.45, 2.75) is 32.6 Å². The van der Waals surface area contributed by atoms with Gasteiger partial charge in [-0.15, -0.1) is 0 Å². The molecule has 0 aliphatic carbocycles. The van der Waals surface area contributed by atoms with Gasteiger partial charge in [-0.2, -0.15) is 0 Å². The summed E-state index contributed by atoms with van der Waals surface area (Å²) in [5.41, 5.74) is 6.34. The number of aromatic nitrogens is 1. The smallest absolute Gasteiger partial charge is 0.310 e. The zero-order valence-corrected chi connectivity index (χ0v) is 14.2. The van der Waals surface area contributed by atoms with E-state index < -0.39 is 0 Å². The molecule has 7 nitrogen and oxygen atoms in total. The first-order valence-corrected chi connectivity index (χ1v) is 8.51. The zero-order valence-electron chi connectivity index (χ0n) is 14.2. The van der Waals surface area contributed by atoms with Gasteiger partial charge in [-0.25, -0.2) is 4.98 Å². The highest BCUT2D eigenvalue weighted by Gasteiger charge is 2.27. The van der Waals surface area contributed by atoms with Crippen LogP contribution in [0.5, 0.6) is 0 Å². The lowest BCUT2D eigenvalue weighted by Crippen LogP contribution is -2.39. The number of esters is 1. The number of hydrogen-bond donors (Lipinski definition) is 2. The average molecular weight is 334 g/mol. The second kappa shape index (κ2) is 9.22. The van der Waals surface area contributed by atoms with Crippen molar-refractivity contribution in [2.75, 3.05) is 36.5 Å². The molecule has 1 unspecified atom stereocenters. The molecule has 1 aromatic heterocycles. The number of nitrogens with two attached hydrogens (primary N) is 1. The molecular formula is C17H26N4O3. The van der Waals surface area contributed by atoms with Gasteiger partial charge >= 0.3 is 5.97 Å². The van der Waals surface area contributed by atoms with Crippen molar-refractivity contribution in [3.63, 3.8) is 0 Å². The number of amides is 1. The van der Waals surface area contributed by atoms with Gasteiger partial charge in [-0.05, 0) is 44.9 Å². The van der Waals surface area contributed by atoms with E-state index in [1.807, 2.05) is 13.0 Å². The van der Waals surface area contributed by atoms with Gasteiger partial charge in [0.1, 0.15) is 5.82 Å². The highest BCUT2D eigenvalue weighted by molar-refractivity contribution is 5.89. The van der Waals surface area contributed by atoms with Gasteiger partial charge in [-0.3, -0.25) is 9.59 Å². The van der Waals surface area contributed by atoms with Crippen LogP contribution >= 0.6 is 0 Å². The van der Waals surface area contributed by atoms with Crippen LogP contribution in [-0.4, -0.2) is 43.1 Å². The Balaban J connectivity index is 1.92. The molecule has 3 N–H and O–H groups in total. The highest BCUT2D eigenvalue weighted by Crippen LogP contribution is 2.24. The summed E-state index contributed by atoms with van der Waals surface area (Å²) in [5, 5.41) is 2.75. The molecule has 0 bridgehead atoms. The molecule has 7 heteroatoms. The number of ether oxygens (including phenoxy) is 1. The van der Waals surface area contributed by atoms with E-state index in [0.29, 0.717) is 38.4 Å². The van der Waals surface area contributed by atoms with Crippen LogP contribution in [0.4, 0.5) is 11.5 Å². The summed E-state index contributed by atoms with van der Waals surface area (Å²) in [7, 11) is 0. The van der Waals surface area contributed by atoms with E-state index in [9.17, 15) is 9.59 Å². The number of anilines is 2. The second-order valence-electron chi connectivity index (χ2n) is 5.88. The summed E-state index contributed by atoms with van der Waals surface area (Å²) in [6, 6.07) is 3.70. The van der Waals surface area contributed by atoms with Crippen molar-refractivity contribution in [2.24, 2.45) is 11.7 Å². The normalized spacial score (nSPS) is 17.4. The molecule has 0 aromatic carbocycles. The Labute approximate surface area is 142 Å². The number of pyridine rings is 1. The van der Waals surface area contributed by atoms with Gasteiger partial charge in [0, 0.05) is 19.5 Å². The minimum Gasteiger partial charge on any atom is -0.466 e. The molecule has 0 spiro atoms. The minimum absolute atomic E-state index is 0.0824. The fourth-order valence-corrected chi connectivity index (χ4v) is 2.78. The van der Waals surface area contributed by atoms with Gasteiger partial charge in [0.05, 0.1) is 24.4 Å². The Morgan fingerprint density at radius 1 is 1.46 bits per heavy atom. The second-order valence-corrected chi connectivity index (χ2v) is 5.88. The Morgan fingerprint density at radius 3 is 2.96 bits per heavy atom. The molecule has 24 heavy (non-hydrogen) atoms. The molecule has 2 heterocycles. The van der Waals surface area contributed by atoms with E-state index >= 15 is 0 Å². The lowest BCUT2D eigenvalue weighted by molar-refractivity contribution is -0.148. The molecule has 2 rings (SSSR count). The highest BCUT2D eigenvalue weighted by atomic mass is 16.5. The SMILES string of the molecule is CCOC(=O)C1CCCN(c2ccc(NC(=O)CCCN)nc2)C1. The van der Waals surface area contributed by atoms with E-state index in [2.05, 4.69) is 15.2 Å². The number of hydrogen-bond acceptors (Lipinski definition) is 6. The van der Waals surface area contributed by atoms with Crippen molar-refractivity contribution >= 4 is 23.4 Å². The quantitative estimate of drug-likeness (QED) is 0.734. The summed E-state index contributed by atoms with van der Waals surface area (Å²) in [6.07, 6.45) is 4.59. The van der Waals surface area contributed by atoms with Gasteiger partial charge < -0.3 is 20.7 Å². The Morgan fingerprint density at radius 2 is 2.29 bits per heavy atom. The monoisotopic (exact) mass is 334 g/mol. The van der Waals surface area contributed by atoms with E-state index in [1.165, 1.54) is 0 Å². The summed E-state index contributed by atoms with van der Waals surface area (Å²) < 4.78 is 5.12. The van der Waals surface area contributed by atoms with Crippen LogP contribution in [-0.2, 0) is 14.3 Å². The molecule has 132 valence electrons. The van der Waals surface area contributed by atoms with Crippen LogP contribution in [0.3, 0.4) is 0 Å². The Kier molecular flexibility index (Phi) is 6.99. The van der Waals surface area contributed by atoms with E-state index in [4.69, 9.17) is 10.5 Å². The lowest BCUT2D eigenvalue weighted by atomic mass is 9.98. The summed E-state index contributed by atoms with van der Waals surface area (Å²) in [5.74, 6) is 0.231. The van der Waals surface area contributed by atoms with Gasteiger partial charge in [0.25, 0.3) is 0 Å². The van der Waals surface area contributed by atoms with Crippen molar-refractivity contribution in [3.05, 3.63) is 18.3 Å². The van der Waals surface area contributed by atoms with Gasteiger partial charge in [0.2, 0.25) is 5.91 Å². The molecule has 1 fully saturated rings. The molecule has 0 radical (unpaired) electrons. The maximum Gasteiger partial charge on any atom is 0.310 e. The Bertz CT molecular complexity index is 547. The number of piperidine rings is 1. The summed E-state index contributed by atoms with van der Waals surface area (Å²) in [6.45, 7) is 4.26. The summed E-state index contributed by atoms with van der Waals surface area (Å²) in [4.78, 5) is 30.0. The van der Waals surface area contributed by atoms with Crippen LogP contribution in [0.1, 0.15) is 32.6 Å². The van der Waals surface area contributed by atoms with E-state index in [1.54, 1.807) is 12.3 Å². The molecule has 1 aromatic rings. The number of nitrogens with zero attached hydrogens (tertiary/aromatic N) is 2. The van der Waals surface area contributed by atoms with Crippen LogP contribution < -0.4 is 16.0 Å². The largest absolute Gasteiger partial charge is 0.466 e. The molecule has 1 aliphatic rings. The molecule has 0 saturated carbocycles. The fraction of sp³-hybridized carbons (Fsp3) is 0.588. The number of rotatable bonds is 7. The van der Waals surface area contributed by atoms with E-state index in [-0.39, 0.29) is 17.8 Å². The summed E-state index contributed by atoms with van der Waals surface area (Å²) >= 11 is 0. The zero-order chi connectivity index (χ0) is 17.4. The third-order valence-corrected chi connectivity index (χ3v) is 4.03. The van der Waals surface area contributed by atoms with Gasteiger partial charge in [0.15, 0.2) is 0 Å². The van der Waals surface area contributed by atoms with Crippen LogP contribution in [0.25, 0.3) is 0 Å². The number of carbonyl (C=O) groups excluding carboxylic acids is 2. The topological polar surface area (TPSA) is 97.5 Å². The third kappa shape index (κ3) is 5.19. The first-order chi connectivity index (χ1) is 11.6.